The van der Waals surface area contributed by atoms with Crippen LogP contribution in [0.3, 0.4) is 0 Å². The van der Waals surface area contributed by atoms with Crippen molar-refractivity contribution < 1.29 is 14.3 Å². The van der Waals surface area contributed by atoms with Crippen LogP contribution < -0.4 is 15.0 Å². The first-order valence-corrected chi connectivity index (χ1v) is 8.07. The van der Waals surface area contributed by atoms with Crippen molar-refractivity contribution in [3.63, 3.8) is 0 Å². The van der Waals surface area contributed by atoms with E-state index in [4.69, 9.17) is 4.74 Å². The van der Waals surface area contributed by atoms with Gasteiger partial charge in [-0.3, -0.25) is 9.59 Å². The zero-order chi connectivity index (χ0) is 16.9. The van der Waals surface area contributed by atoms with E-state index in [1.165, 1.54) is 0 Å². The Hall–Kier alpha value is -2.82. The fourth-order valence-electron chi connectivity index (χ4n) is 2.86. The maximum Gasteiger partial charge on any atom is 0.255 e. The number of nitrogens with zero attached hydrogens (tertiary/aromatic N) is 1. The molecule has 5 heteroatoms. The summed E-state index contributed by atoms with van der Waals surface area (Å²) in [5.74, 6) is 0.359. The van der Waals surface area contributed by atoms with Crippen LogP contribution in [0.15, 0.2) is 54.6 Å². The van der Waals surface area contributed by atoms with Gasteiger partial charge in [0, 0.05) is 18.7 Å². The van der Waals surface area contributed by atoms with E-state index in [1.807, 2.05) is 43.3 Å². The summed E-state index contributed by atoms with van der Waals surface area (Å²) >= 11 is 0. The van der Waals surface area contributed by atoms with Crippen LogP contribution in [0.4, 0.5) is 5.69 Å². The SMILES string of the molecule is CCOc1ccccc1C(=O)N[C@H]1CC(=O)N(c2ccccc2)C1. The van der Waals surface area contributed by atoms with Crippen molar-refractivity contribution in [3.05, 3.63) is 60.2 Å². The van der Waals surface area contributed by atoms with Gasteiger partial charge in [0.15, 0.2) is 0 Å². The third kappa shape index (κ3) is 3.40. The molecule has 1 atom stereocenters. The molecular formula is C19H20N2O3. The Balaban J connectivity index is 1.69. The lowest BCUT2D eigenvalue weighted by atomic mass is 10.1. The molecule has 1 saturated heterocycles. The van der Waals surface area contributed by atoms with Gasteiger partial charge in [0.1, 0.15) is 5.75 Å². The Morgan fingerprint density at radius 1 is 1.17 bits per heavy atom. The van der Waals surface area contributed by atoms with E-state index in [9.17, 15) is 9.59 Å². The van der Waals surface area contributed by atoms with E-state index in [0.717, 1.165) is 5.69 Å². The number of benzene rings is 2. The number of carbonyl (C=O) groups excluding carboxylic acids is 2. The standard InChI is InChI=1S/C19H20N2O3/c1-2-24-17-11-7-6-10-16(17)19(23)20-14-12-18(22)21(13-14)15-8-4-3-5-9-15/h3-11,14H,2,12-13H2,1H3,(H,20,23)/t14-/m0/s1. The lowest BCUT2D eigenvalue weighted by Crippen LogP contribution is -2.37. The largest absolute Gasteiger partial charge is 0.493 e. The monoisotopic (exact) mass is 324 g/mol. The molecule has 124 valence electrons. The predicted molar refractivity (Wildman–Crippen MR) is 92.3 cm³/mol. The summed E-state index contributed by atoms with van der Waals surface area (Å²) in [7, 11) is 0. The lowest BCUT2D eigenvalue weighted by Gasteiger charge is -2.17. The summed E-state index contributed by atoms with van der Waals surface area (Å²) < 4.78 is 5.50. The van der Waals surface area contributed by atoms with Crippen LogP contribution in [-0.4, -0.2) is 31.0 Å². The molecule has 1 fully saturated rings. The quantitative estimate of drug-likeness (QED) is 0.920. The van der Waals surface area contributed by atoms with Gasteiger partial charge >= 0.3 is 0 Å². The van der Waals surface area contributed by atoms with Crippen LogP contribution in [0.1, 0.15) is 23.7 Å². The Labute approximate surface area is 141 Å². The molecule has 0 unspecified atom stereocenters. The highest BCUT2D eigenvalue weighted by atomic mass is 16.5. The van der Waals surface area contributed by atoms with Gasteiger partial charge in [-0.15, -0.1) is 0 Å². The Bertz CT molecular complexity index is 730. The average molecular weight is 324 g/mol. The number of amides is 2. The highest BCUT2D eigenvalue weighted by molar-refractivity contribution is 6.00. The van der Waals surface area contributed by atoms with E-state index >= 15 is 0 Å². The van der Waals surface area contributed by atoms with Crippen LogP contribution in [0.2, 0.25) is 0 Å². The second-order valence-corrected chi connectivity index (χ2v) is 5.64. The van der Waals surface area contributed by atoms with E-state index < -0.39 is 0 Å². The first-order chi connectivity index (χ1) is 11.7. The Morgan fingerprint density at radius 2 is 1.88 bits per heavy atom. The first-order valence-electron chi connectivity index (χ1n) is 8.07. The molecule has 1 aliphatic rings. The highest BCUT2D eigenvalue weighted by Crippen LogP contribution is 2.22. The van der Waals surface area contributed by atoms with Gasteiger partial charge in [-0.1, -0.05) is 30.3 Å². The zero-order valence-corrected chi connectivity index (χ0v) is 13.6. The minimum absolute atomic E-state index is 0.0181. The minimum atomic E-state index is -0.216. The number of anilines is 1. The predicted octanol–water partition coefficient (Wildman–Crippen LogP) is 2.62. The Morgan fingerprint density at radius 3 is 2.62 bits per heavy atom. The normalized spacial score (nSPS) is 17.0. The molecule has 0 saturated carbocycles. The number of carbonyl (C=O) groups is 2. The van der Waals surface area contributed by atoms with Crippen molar-refractivity contribution in [1.82, 2.24) is 5.32 Å². The molecule has 1 aliphatic heterocycles. The van der Waals surface area contributed by atoms with Crippen molar-refractivity contribution in [3.8, 4) is 5.75 Å². The minimum Gasteiger partial charge on any atom is -0.493 e. The molecule has 2 aromatic rings. The first kappa shape index (κ1) is 16.1. The molecule has 2 amide bonds. The molecule has 1 heterocycles. The summed E-state index contributed by atoms with van der Waals surface area (Å²) in [6.45, 7) is 2.85. The molecule has 24 heavy (non-hydrogen) atoms. The van der Waals surface area contributed by atoms with Gasteiger partial charge in [-0.25, -0.2) is 0 Å². The van der Waals surface area contributed by atoms with Crippen molar-refractivity contribution >= 4 is 17.5 Å². The van der Waals surface area contributed by atoms with E-state index in [0.29, 0.717) is 30.9 Å². The molecule has 1 N–H and O–H groups in total. The average Bonchev–Trinajstić information content (AvgIpc) is 2.96. The zero-order valence-electron chi connectivity index (χ0n) is 13.6. The number of hydrogen-bond acceptors (Lipinski definition) is 3. The van der Waals surface area contributed by atoms with Gasteiger partial charge in [0.25, 0.3) is 5.91 Å². The molecular weight excluding hydrogens is 304 g/mol. The number of nitrogens with one attached hydrogen (secondary N) is 1. The van der Waals surface area contributed by atoms with E-state index in [1.54, 1.807) is 23.1 Å². The molecule has 0 radical (unpaired) electrons. The summed E-state index contributed by atoms with van der Waals surface area (Å²) in [5.41, 5.74) is 1.35. The van der Waals surface area contributed by atoms with Gasteiger partial charge in [0.2, 0.25) is 5.91 Å². The molecule has 3 rings (SSSR count). The van der Waals surface area contributed by atoms with E-state index in [-0.39, 0.29) is 17.9 Å². The van der Waals surface area contributed by atoms with Crippen molar-refractivity contribution in [2.24, 2.45) is 0 Å². The van der Waals surface area contributed by atoms with Crippen molar-refractivity contribution in [2.75, 3.05) is 18.1 Å². The molecule has 0 spiro atoms. The van der Waals surface area contributed by atoms with Crippen LogP contribution >= 0.6 is 0 Å². The topological polar surface area (TPSA) is 58.6 Å². The highest BCUT2D eigenvalue weighted by Gasteiger charge is 2.32. The van der Waals surface area contributed by atoms with Crippen LogP contribution in [0.25, 0.3) is 0 Å². The number of hydrogen-bond donors (Lipinski definition) is 1. The molecule has 0 aromatic heterocycles. The third-order valence-electron chi connectivity index (χ3n) is 3.96. The van der Waals surface area contributed by atoms with Gasteiger partial charge in [-0.05, 0) is 31.2 Å². The summed E-state index contributed by atoms with van der Waals surface area (Å²) in [6, 6.07) is 16.4. The second kappa shape index (κ2) is 7.17. The maximum atomic E-state index is 12.5. The van der Waals surface area contributed by atoms with Gasteiger partial charge in [0.05, 0.1) is 18.2 Å². The third-order valence-corrected chi connectivity index (χ3v) is 3.96. The van der Waals surface area contributed by atoms with Crippen LogP contribution in [0, 0.1) is 0 Å². The molecule has 5 nitrogen and oxygen atoms in total. The summed E-state index contributed by atoms with van der Waals surface area (Å²) in [6.07, 6.45) is 0.303. The van der Waals surface area contributed by atoms with E-state index in [2.05, 4.69) is 5.32 Å². The van der Waals surface area contributed by atoms with Gasteiger partial charge in [-0.2, -0.15) is 0 Å². The smallest absolute Gasteiger partial charge is 0.255 e. The fourth-order valence-corrected chi connectivity index (χ4v) is 2.86. The lowest BCUT2D eigenvalue weighted by molar-refractivity contribution is -0.117. The molecule has 2 aromatic carbocycles. The number of rotatable bonds is 5. The van der Waals surface area contributed by atoms with Crippen molar-refractivity contribution in [2.45, 2.75) is 19.4 Å². The fraction of sp³-hybridized carbons (Fsp3) is 0.263. The van der Waals surface area contributed by atoms with Crippen LogP contribution in [0.5, 0.6) is 5.75 Å². The van der Waals surface area contributed by atoms with Crippen molar-refractivity contribution in [1.29, 1.82) is 0 Å². The number of para-hydroxylation sites is 2. The Kier molecular flexibility index (Phi) is 4.79. The molecule has 0 bridgehead atoms. The second-order valence-electron chi connectivity index (χ2n) is 5.64. The molecule has 0 aliphatic carbocycles. The summed E-state index contributed by atoms with van der Waals surface area (Å²) in [4.78, 5) is 26.5. The summed E-state index contributed by atoms with van der Waals surface area (Å²) in [5, 5.41) is 2.94. The maximum absolute atomic E-state index is 12.5. The van der Waals surface area contributed by atoms with Gasteiger partial charge < -0.3 is 15.0 Å². The number of ether oxygens (including phenoxy) is 1. The van der Waals surface area contributed by atoms with Crippen LogP contribution in [-0.2, 0) is 4.79 Å².